The van der Waals surface area contributed by atoms with Crippen molar-refractivity contribution in [3.05, 3.63) is 0 Å². The first-order valence-electron chi connectivity index (χ1n) is 6.68. The molecule has 0 saturated carbocycles. The van der Waals surface area contributed by atoms with Crippen LogP contribution in [0, 0.1) is 0 Å². The van der Waals surface area contributed by atoms with E-state index in [-0.39, 0.29) is 30.7 Å². The van der Waals surface area contributed by atoms with Crippen molar-refractivity contribution in [3.63, 3.8) is 0 Å². The molecular weight excluding hydrogens is 236 g/mol. The molecule has 3 fully saturated rings. The Morgan fingerprint density at radius 1 is 0.778 bits per heavy atom. The minimum absolute atomic E-state index is 0.00414. The highest BCUT2D eigenvalue weighted by atomic mass is 16.9. The fraction of sp³-hybridized carbons (Fsp3) is 1.00. The maximum absolute atomic E-state index is 5.98. The molecule has 0 bridgehead atoms. The fourth-order valence-electron chi connectivity index (χ4n) is 3.02. The molecule has 3 heterocycles. The summed E-state index contributed by atoms with van der Waals surface area (Å²) >= 11 is 0. The van der Waals surface area contributed by atoms with Crippen molar-refractivity contribution in [1.29, 1.82) is 0 Å². The smallest absolute Gasteiger partial charge is 0.190 e. The van der Waals surface area contributed by atoms with Crippen LogP contribution in [0.2, 0.25) is 0 Å². The summed E-state index contributed by atoms with van der Waals surface area (Å²) in [5.74, 6) is -1.21. The third-order valence-corrected chi connectivity index (χ3v) is 3.65. The van der Waals surface area contributed by atoms with Gasteiger partial charge in [0.1, 0.15) is 18.3 Å². The molecule has 0 aromatic rings. The molecule has 5 heteroatoms. The highest BCUT2D eigenvalue weighted by Gasteiger charge is 2.60. The average molecular weight is 258 g/mol. The van der Waals surface area contributed by atoms with Gasteiger partial charge in [-0.25, -0.2) is 0 Å². The molecule has 18 heavy (non-hydrogen) atoms. The number of ether oxygens (including phenoxy) is 5. The lowest BCUT2D eigenvalue weighted by Gasteiger charge is -2.36. The quantitative estimate of drug-likeness (QED) is 0.717. The van der Waals surface area contributed by atoms with Gasteiger partial charge in [0.2, 0.25) is 0 Å². The van der Waals surface area contributed by atoms with E-state index < -0.39 is 11.6 Å². The zero-order chi connectivity index (χ0) is 13.1. The Morgan fingerprint density at radius 2 is 1.33 bits per heavy atom. The van der Waals surface area contributed by atoms with Crippen LogP contribution in [0.25, 0.3) is 0 Å². The van der Waals surface area contributed by atoms with Crippen LogP contribution in [0.5, 0.6) is 0 Å². The van der Waals surface area contributed by atoms with Gasteiger partial charge in [-0.05, 0) is 34.1 Å². The highest BCUT2D eigenvalue weighted by Crippen LogP contribution is 2.44. The topological polar surface area (TPSA) is 46.2 Å². The summed E-state index contributed by atoms with van der Waals surface area (Å²) in [5.41, 5.74) is 0. The van der Waals surface area contributed by atoms with Crippen LogP contribution >= 0.6 is 0 Å². The predicted octanol–water partition coefficient (Wildman–Crippen LogP) is 1.79. The van der Waals surface area contributed by atoms with Crippen LogP contribution in [0.1, 0.15) is 41.0 Å². The molecule has 0 aromatic heterocycles. The Balaban J connectivity index is 1.86. The van der Waals surface area contributed by atoms with Crippen LogP contribution in [-0.2, 0) is 23.7 Å². The van der Waals surface area contributed by atoms with Gasteiger partial charge in [-0.2, -0.15) is 0 Å². The van der Waals surface area contributed by atoms with E-state index in [0.717, 1.165) is 6.42 Å². The SMILES string of the molecule is CC[C@@H]1OC2OC(C)(C)O[C@H]2C2OC(C)(C)O[C@@H]21. The molecule has 3 aliphatic rings. The van der Waals surface area contributed by atoms with Crippen LogP contribution in [-0.4, -0.2) is 42.3 Å². The minimum Gasteiger partial charge on any atom is -0.344 e. The predicted molar refractivity (Wildman–Crippen MR) is 62.8 cm³/mol. The van der Waals surface area contributed by atoms with E-state index in [4.69, 9.17) is 23.7 Å². The zero-order valence-electron chi connectivity index (χ0n) is 11.6. The van der Waals surface area contributed by atoms with E-state index in [1.165, 1.54) is 0 Å². The lowest BCUT2D eigenvalue weighted by atomic mass is 9.97. The molecule has 3 rings (SSSR count). The molecule has 0 amide bonds. The molecule has 0 aliphatic carbocycles. The third kappa shape index (κ3) is 1.98. The van der Waals surface area contributed by atoms with Gasteiger partial charge in [0.15, 0.2) is 17.9 Å². The standard InChI is InChI=1S/C13H22O5/c1-6-7-8-9(16-12(2,3)15-8)10-11(14-7)18-13(4,5)17-10/h7-11H,6H2,1-5H3/t7-,8+,9?,10-,11?/m0/s1. The van der Waals surface area contributed by atoms with Gasteiger partial charge >= 0.3 is 0 Å². The largest absolute Gasteiger partial charge is 0.344 e. The van der Waals surface area contributed by atoms with Gasteiger partial charge in [-0.15, -0.1) is 0 Å². The molecule has 3 aliphatic heterocycles. The summed E-state index contributed by atoms with van der Waals surface area (Å²) in [4.78, 5) is 0. The van der Waals surface area contributed by atoms with Crippen LogP contribution in [0.3, 0.4) is 0 Å². The summed E-state index contributed by atoms with van der Waals surface area (Å²) in [5, 5.41) is 0. The van der Waals surface area contributed by atoms with Crippen LogP contribution < -0.4 is 0 Å². The van der Waals surface area contributed by atoms with E-state index in [9.17, 15) is 0 Å². The van der Waals surface area contributed by atoms with Gasteiger partial charge in [0, 0.05) is 0 Å². The van der Waals surface area contributed by atoms with E-state index >= 15 is 0 Å². The summed E-state index contributed by atoms with van der Waals surface area (Å²) in [7, 11) is 0. The molecule has 5 atom stereocenters. The second-order valence-electron chi connectivity index (χ2n) is 6.12. The van der Waals surface area contributed by atoms with Crippen molar-refractivity contribution in [3.8, 4) is 0 Å². The molecule has 0 radical (unpaired) electrons. The summed E-state index contributed by atoms with van der Waals surface area (Å²) in [6.45, 7) is 9.72. The Hall–Kier alpha value is -0.200. The molecule has 0 aromatic carbocycles. The first-order chi connectivity index (χ1) is 8.31. The first-order valence-corrected chi connectivity index (χ1v) is 6.68. The molecule has 3 saturated heterocycles. The van der Waals surface area contributed by atoms with Gasteiger partial charge in [0.25, 0.3) is 0 Å². The number of hydrogen-bond acceptors (Lipinski definition) is 5. The van der Waals surface area contributed by atoms with E-state index in [2.05, 4.69) is 6.92 Å². The maximum atomic E-state index is 5.98. The third-order valence-electron chi connectivity index (χ3n) is 3.65. The molecule has 5 nitrogen and oxygen atoms in total. The highest BCUT2D eigenvalue weighted by molar-refractivity contribution is 4.99. The van der Waals surface area contributed by atoms with Gasteiger partial charge in [0.05, 0.1) is 6.10 Å². The van der Waals surface area contributed by atoms with Gasteiger partial charge in [-0.3, -0.25) is 0 Å². The second-order valence-corrected chi connectivity index (χ2v) is 6.12. The minimum atomic E-state index is -0.626. The maximum Gasteiger partial charge on any atom is 0.190 e. The van der Waals surface area contributed by atoms with Crippen molar-refractivity contribution in [2.75, 3.05) is 0 Å². The van der Waals surface area contributed by atoms with Crippen molar-refractivity contribution >= 4 is 0 Å². The summed E-state index contributed by atoms with van der Waals surface area (Å²) in [6.07, 6.45) is 0.0937. The fourth-order valence-corrected chi connectivity index (χ4v) is 3.02. The lowest BCUT2D eigenvalue weighted by molar-refractivity contribution is -0.234. The molecule has 2 unspecified atom stereocenters. The van der Waals surface area contributed by atoms with Gasteiger partial charge < -0.3 is 23.7 Å². The zero-order valence-corrected chi connectivity index (χ0v) is 11.6. The second kappa shape index (κ2) is 3.90. The van der Waals surface area contributed by atoms with Crippen molar-refractivity contribution in [1.82, 2.24) is 0 Å². The Kier molecular flexibility index (Phi) is 2.78. The molecule has 0 spiro atoms. The molecule has 0 N–H and O–H groups in total. The molecule has 104 valence electrons. The summed E-state index contributed by atoms with van der Waals surface area (Å²) < 4.78 is 29.6. The van der Waals surface area contributed by atoms with E-state index in [1.54, 1.807) is 0 Å². The van der Waals surface area contributed by atoms with Gasteiger partial charge in [-0.1, -0.05) is 6.92 Å². The first kappa shape index (κ1) is 12.8. The average Bonchev–Trinajstić information content (AvgIpc) is 2.71. The Labute approximate surface area is 108 Å². The lowest BCUT2D eigenvalue weighted by Crippen LogP contribution is -2.54. The number of fused-ring (bicyclic) bond motifs is 3. The van der Waals surface area contributed by atoms with E-state index in [1.807, 2.05) is 27.7 Å². The number of rotatable bonds is 1. The van der Waals surface area contributed by atoms with Crippen molar-refractivity contribution in [2.45, 2.75) is 83.3 Å². The van der Waals surface area contributed by atoms with Crippen LogP contribution in [0.15, 0.2) is 0 Å². The normalized spacial score (nSPS) is 48.8. The molecular formula is C13H22O5. The Morgan fingerprint density at radius 3 is 2.00 bits per heavy atom. The Bertz CT molecular complexity index is 340. The van der Waals surface area contributed by atoms with Crippen molar-refractivity contribution in [2.24, 2.45) is 0 Å². The summed E-state index contributed by atoms with van der Waals surface area (Å²) in [6, 6.07) is 0. The number of hydrogen-bond donors (Lipinski definition) is 0. The monoisotopic (exact) mass is 258 g/mol. The van der Waals surface area contributed by atoms with Crippen LogP contribution in [0.4, 0.5) is 0 Å². The van der Waals surface area contributed by atoms with E-state index in [0.29, 0.717) is 0 Å². The van der Waals surface area contributed by atoms with Crippen molar-refractivity contribution < 1.29 is 23.7 Å².